The average Bonchev–Trinajstić information content (AvgIpc) is 2.22. The Morgan fingerprint density at radius 1 is 1.44 bits per heavy atom. The number of nitriles is 1. The Labute approximate surface area is 102 Å². The lowest BCUT2D eigenvalue weighted by molar-refractivity contribution is -0.132. The van der Waals surface area contributed by atoms with E-state index in [-0.39, 0.29) is 5.57 Å². The lowest BCUT2D eigenvalue weighted by Gasteiger charge is -2.03. The van der Waals surface area contributed by atoms with Gasteiger partial charge in [-0.2, -0.15) is 5.26 Å². The molecule has 0 saturated carbocycles. The largest absolute Gasteiger partial charge is 0.477 e. The zero-order valence-electron chi connectivity index (χ0n) is 8.70. The van der Waals surface area contributed by atoms with E-state index in [1.54, 1.807) is 13.0 Å². The number of benzene rings is 1. The quantitative estimate of drug-likeness (QED) is 0.684. The van der Waals surface area contributed by atoms with E-state index in [9.17, 15) is 4.79 Å². The molecule has 0 aliphatic heterocycles. The van der Waals surface area contributed by atoms with Crippen molar-refractivity contribution in [2.75, 3.05) is 0 Å². The highest BCUT2D eigenvalue weighted by Crippen LogP contribution is 2.15. The molecule has 0 aliphatic carbocycles. The molecule has 1 rings (SSSR count). The highest BCUT2D eigenvalue weighted by Gasteiger charge is 2.10. The monoisotopic (exact) mass is 279 g/mol. The highest BCUT2D eigenvalue weighted by molar-refractivity contribution is 9.10. The first-order valence-corrected chi connectivity index (χ1v) is 5.41. The first-order chi connectivity index (χ1) is 7.54. The Bertz CT molecular complexity index is 469. The molecule has 16 heavy (non-hydrogen) atoms. The molecule has 0 bridgehead atoms. The molecule has 4 heteroatoms. The summed E-state index contributed by atoms with van der Waals surface area (Å²) in [6, 6.07) is 9.26. The predicted octanol–water partition coefficient (Wildman–Crippen LogP) is 2.92. The number of carbonyl (C=O) groups is 1. The number of rotatable bonds is 3. The Hall–Kier alpha value is -1.60. The molecule has 0 spiro atoms. The minimum Gasteiger partial charge on any atom is -0.477 e. The Morgan fingerprint density at radius 3 is 2.44 bits per heavy atom. The van der Waals surface area contributed by atoms with Gasteiger partial charge in [0, 0.05) is 4.47 Å². The molecule has 0 radical (unpaired) electrons. The summed E-state index contributed by atoms with van der Waals surface area (Å²) in [6.07, 6.45) is 0.475. The molecule has 1 aromatic rings. The Morgan fingerprint density at radius 2 is 2.00 bits per heavy atom. The summed E-state index contributed by atoms with van der Waals surface area (Å²) in [7, 11) is 0. The molecule has 1 N–H and O–H groups in total. The lowest BCUT2D eigenvalue weighted by Crippen LogP contribution is -2.03. The van der Waals surface area contributed by atoms with Gasteiger partial charge in [0.05, 0.1) is 0 Å². The molecular formula is C12H10BrNO2. The van der Waals surface area contributed by atoms with Crippen molar-refractivity contribution in [1.82, 2.24) is 0 Å². The minimum atomic E-state index is -1.17. The Balaban J connectivity index is 2.93. The van der Waals surface area contributed by atoms with E-state index >= 15 is 0 Å². The van der Waals surface area contributed by atoms with Crippen LogP contribution in [0.3, 0.4) is 0 Å². The van der Waals surface area contributed by atoms with Crippen LogP contribution in [-0.2, 0) is 11.2 Å². The Kier molecular flexibility index (Phi) is 4.27. The number of aliphatic carboxylic acids is 1. The topological polar surface area (TPSA) is 61.1 Å². The van der Waals surface area contributed by atoms with Crippen LogP contribution >= 0.6 is 15.9 Å². The van der Waals surface area contributed by atoms with Crippen LogP contribution < -0.4 is 0 Å². The second-order valence-corrected chi connectivity index (χ2v) is 4.29. The van der Waals surface area contributed by atoms with Crippen molar-refractivity contribution in [3.8, 4) is 6.07 Å². The van der Waals surface area contributed by atoms with Crippen molar-refractivity contribution in [2.24, 2.45) is 0 Å². The van der Waals surface area contributed by atoms with Crippen LogP contribution in [0.15, 0.2) is 39.9 Å². The van der Waals surface area contributed by atoms with E-state index in [1.807, 2.05) is 24.3 Å². The molecular weight excluding hydrogens is 270 g/mol. The van der Waals surface area contributed by atoms with Gasteiger partial charge < -0.3 is 5.11 Å². The number of carboxylic acid groups (broad SMARTS) is 1. The van der Waals surface area contributed by atoms with Gasteiger partial charge in [0.25, 0.3) is 0 Å². The number of carboxylic acids is 1. The van der Waals surface area contributed by atoms with Gasteiger partial charge in [0.2, 0.25) is 0 Å². The van der Waals surface area contributed by atoms with E-state index in [4.69, 9.17) is 10.4 Å². The average molecular weight is 280 g/mol. The van der Waals surface area contributed by atoms with Crippen LogP contribution in [0.1, 0.15) is 12.5 Å². The highest BCUT2D eigenvalue weighted by atomic mass is 79.9. The molecule has 0 aliphatic rings. The summed E-state index contributed by atoms with van der Waals surface area (Å²) >= 11 is 3.32. The van der Waals surface area contributed by atoms with E-state index in [1.165, 1.54) is 0 Å². The normalized spacial score (nSPS) is 11.6. The van der Waals surface area contributed by atoms with Gasteiger partial charge in [0.1, 0.15) is 11.6 Å². The fourth-order valence-corrected chi connectivity index (χ4v) is 1.59. The number of hydrogen-bond acceptors (Lipinski definition) is 2. The van der Waals surface area contributed by atoms with Crippen molar-refractivity contribution >= 4 is 21.9 Å². The molecule has 1 aromatic carbocycles. The van der Waals surface area contributed by atoms with Crippen molar-refractivity contribution < 1.29 is 9.90 Å². The van der Waals surface area contributed by atoms with Crippen LogP contribution in [0.5, 0.6) is 0 Å². The van der Waals surface area contributed by atoms with Gasteiger partial charge in [0.15, 0.2) is 0 Å². The summed E-state index contributed by atoms with van der Waals surface area (Å²) in [4.78, 5) is 10.7. The van der Waals surface area contributed by atoms with Crippen LogP contribution in [-0.4, -0.2) is 11.1 Å². The fourth-order valence-electron chi connectivity index (χ4n) is 1.32. The maximum atomic E-state index is 10.7. The molecule has 0 saturated heterocycles. The summed E-state index contributed by atoms with van der Waals surface area (Å²) in [5.41, 5.74) is 1.37. The maximum absolute atomic E-state index is 10.7. The smallest absolute Gasteiger partial charge is 0.346 e. The van der Waals surface area contributed by atoms with Gasteiger partial charge in [-0.1, -0.05) is 28.1 Å². The van der Waals surface area contributed by atoms with Crippen LogP contribution in [0.2, 0.25) is 0 Å². The van der Waals surface area contributed by atoms with E-state index in [2.05, 4.69) is 15.9 Å². The SMILES string of the molecule is C/C(Cc1ccc(Br)cc1)=C(/C#N)C(=O)O. The standard InChI is InChI=1S/C12H10BrNO2/c1-8(11(7-14)12(15)16)6-9-2-4-10(13)5-3-9/h2-5H,6H2,1H3,(H,15,16)/b11-8+. The summed E-state index contributed by atoms with van der Waals surface area (Å²) in [5, 5.41) is 17.5. The minimum absolute atomic E-state index is 0.178. The number of nitrogens with zero attached hydrogens (tertiary/aromatic N) is 1. The molecule has 0 unspecified atom stereocenters. The van der Waals surface area contributed by atoms with Crippen molar-refractivity contribution in [3.63, 3.8) is 0 Å². The van der Waals surface area contributed by atoms with Gasteiger partial charge in [-0.25, -0.2) is 4.79 Å². The van der Waals surface area contributed by atoms with Crippen LogP contribution in [0.25, 0.3) is 0 Å². The van der Waals surface area contributed by atoms with Crippen LogP contribution in [0, 0.1) is 11.3 Å². The van der Waals surface area contributed by atoms with Gasteiger partial charge in [-0.3, -0.25) is 0 Å². The molecule has 0 heterocycles. The maximum Gasteiger partial charge on any atom is 0.346 e. The van der Waals surface area contributed by atoms with Crippen molar-refractivity contribution in [2.45, 2.75) is 13.3 Å². The number of halogens is 1. The number of hydrogen-bond donors (Lipinski definition) is 1. The lowest BCUT2D eigenvalue weighted by atomic mass is 10.0. The molecule has 3 nitrogen and oxygen atoms in total. The van der Waals surface area contributed by atoms with Crippen molar-refractivity contribution in [3.05, 3.63) is 45.4 Å². The first kappa shape index (κ1) is 12.5. The fraction of sp³-hybridized carbons (Fsp3) is 0.167. The molecule has 0 atom stereocenters. The van der Waals surface area contributed by atoms with Crippen LogP contribution in [0.4, 0.5) is 0 Å². The van der Waals surface area contributed by atoms with E-state index in [0.29, 0.717) is 12.0 Å². The number of allylic oxidation sites excluding steroid dienone is 1. The summed E-state index contributed by atoms with van der Waals surface area (Å²) in [5.74, 6) is -1.17. The zero-order chi connectivity index (χ0) is 12.1. The third kappa shape index (κ3) is 3.21. The van der Waals surface area contributed by atoms with Gasteiger partial charge in [-0.15, -0.1) is 0 Å². The molecule has 0 fully saturated rings. The van der Waals surface area contributed by atoms with Gasteiger partial charge >= 0.3 is 5.97 Å². The summed E-state index contributed by atoms with van der Waals surface area (Å²) in [6.45, 7) is 1.66. The zero-order valence-corrected chi connectivity index (χ0v) is 10.3. The van der Waals surface area contributed by atoms with Crippen molar-refractivity contribution in [1.29, 1.82) is 5.26 Å². The van der Waals surface area contributed by atoms with E-state index < -0.39 is 5.97 Å². The third-order valence-corrected chi connectivity index (χ3v) is 2.66. The molecule has 0 amide bonds. The molecule has 0 aromatic heterocycles. The molecule has 82 valence electrons. The van der Waals surface area contributed by atoms with E-state index in [0.717, 1.165) is 10.0 Å². The van der Waals surface area contributed by atoms with Gasteiger partial charge in [-0.05, 0) is 36.6 Å². The summed E-state index contributed by atoms with van der Waals surface area (Å²) < 4.78 is 0.969. The first-order valence-electron chi connectivity index (χ1n) is 4.62. The second-order valence-electron chi connectivity index (χ2n) is 3.38. The predicted molar refractivity (Wildman–Crippen MR) is 63.8 cm³/mol. The second kappa shape index (κ2) is 5.47. The third-order valence-electron chi connectivity index (χ3n) is 2.13.